The van der Waals surface area contributed by atoms with E-state index >= 15 is 0 Å². The molecule has 0 aromatic heterocycles. The van der Waals surface area contributed by atoms with E-state index in [1.807, 2.05) is 0 Å². The molecule has 2 heteroatoms. The second-order valence-electron chi connectivity index (χ2n) is 4.78. The molecule has 2 rings (SSSR count). The van der Waals surface area contributed by atoms with Gasteiger partial charge in [0.2, 0.25) is 0 Å². The van der Waals surface area contributed by atoms with Crippen molar-refractivity contribution in [3.8, 4) is 0 Å². The van der Waals surface area contributed by atoms with E-state index in [0.29, 0.717) is 0 Å². The Morgan fingerprint density at radius 3 is 2.85 bits per heavy atom. The Labute approximate surface area is 81.5 Å². The quantitative estimate of drug-likeness (QED) is 0.700. The zero-order valence-corrected chi connectivity index (χ0v) is 8.54. The minimum absolute atomic E-state index is 0.831. The molecule has 2 unspecified atom stereocenters. The molecule has 13 heavy (non-hydrogen) atoms. The Morgan fingerprint density at radius 2 is 2.00 bits per heavy atom. The Morgan fingerprint density at radius 1 is 1.15 bits per heavy atom. The predicted molar refractivity (Wildman–Crippen MR) is 55.6 cm³/mol. The first-order chi connectivity index (χ1) is 6.38. The van der Waals surface area contributed by atoms with Gasteiger partial charge in [-0.2, -0.15) is 0 Å². The largest absolute Gasteiger partial charge is 0.329 e. The molecule has 1 saturated heterocycles. The van der Waals surface area contributed by atoms with Crippen molar-refractivity contribution in [3.05, 3.63) is 0 Å². The summed E-state index contributed by atoms with van der Waals surface area (Å²) in [6.07, 6.45) is 7.37. The maximum absolute atomic E-state index is 5.61. The predicted octanol–water partition coefficient (Wildman–Crippen LogP) is 1.46. The van der Waals surface area contributed by atoms with Gasteiger partial charge in [-0.3, -0.25) is 0 Å². The molecule has 0 aromatic rings. The molecule has 2 aliphatic rings. The molecule has 2 nitrogen and oxygen atoms in total. The van der Waals surface area contributed by atoms with Crippen molar-refractivity contribution in [1.29, 1.82) is 0 Å². The number of fused-ring (bicyclic) bond motifs is 2. The molecule has 2 atom stereocenters. The Balaban J connectivity index is 1.89. The highest BCUT2D eigenvalue weighted by Gasteiger charge is 2.27. The van der Waals surface area contributed by atoms with Gasteiger partial charge < -0.3 is 10.6 Å². The van der Waals surface area contributed by atoms with Gasteiger partial charge >= 0.3 is 0 Å². The van der Waals surface area contributed by atoms with Crippen LogP contribution in [0.5, 0.6) is 0 Å². The summed E-state index contributed by atoms with van der Waals surface area (Å²) in [6, 6.07) is 0. The fourth-order valence-electron chi connectivity index (χ4n) is 3.04. The fraction of sp³-hybridized carbons (Fsp3) is 1.00. The van der Waals surface area contributed by atoms with Crippen LogP contribution in [-0.4, -0.2) is 31.1 Å². The van der Waals surface area contributed by atoms with E-state index in [-0.39, 0.29) is 0 Å². The summed E-state index contributed by atoms with van der Waals surface area (Å²) in [6.45, 7) is 4.58. The second-order valence-corrected chi connectivity index (χ2v) is 4.78. The summed E-state index contributed by atoms with van der Waals surface area (Å²) in [4.78, 5) is 2.58. The van der Waals surface area contributed by atoms with Crippen LogP contribution in [-0.2, 0) is 0 Å². The van der Waals surface area contributed by atoms with Gasteiger partial charge in [0.15, 0.2) is 0 Å². The first kappa shape index (κ1) is 9.47. The first-order valence-electron chi connectivity index (χ1n) is 5.81. The number of likely N-dealkylation sites (tertiary alicyclic amines) is 1. The van der Waals surface area contributed by atoms with Crippen LogP contribution >= 0.6 is 0 Å². The number of nitrogens with zero attached hydrogens (tertiary/aromatic N) is 1. The number of rotatable bonds is 2. The topological polar surface area (TPSA) is 29.3 Å². The molecular weight excluding hydrogens is 160 g/mol. The summed E-state index contributed by atoms with van der Waals surface area (Å²) < 4.78 is 0. The van der Waals surface area contributed by atoms with E-state index in [1.165, 1.54) is 45.2 Å². The molecule has 1 aliphatic carbocycles. The highest BCUT2D eigenvalue weighted by Crippen LogP contribution is 2.34. The van der Waals surface area contributed by atoms with Crippen LogP contribution < -0.4 is 5.73 Å². The average molecular weight is 182 g/mol. The monoisotopic (exact) mass is 182 g/mol. The molecule has 2 N–H and O–H groups in total. The standard InChI is InChI=1S/C11H22N2/c12-5-7-13-6-4-10-2-1-3-11(8-10)9-13/h10-11H,1-9,12H2. The Hall–Kier alpha value is -0.0800. The molecule has 0 radical (unpaired) electrons. The van der Waals surface area contributed by atoms with Gasteiger partial charge in [-0.1, -0.05) is 12.8 Å². The van der Waals surface area contributed by atoms with Crippen LogP contribution in [0.3, 0.4) is 0 Å². The van der Waals surface area contributed by atoms with Crippen LogP contribution in [0, 0.1) is 11.8 Å². The van der Waals surface area contributed by atoms with Crippen molar-refractivity contribution in [3.63, 3.8) is 0 Å². The van der Waals surface area contributed by atoms with Crippen LogP contribution in [0.15, 0.2) is 0 Å². The van der Waals surface area contributed by atoms with E-state index in [2.05, 4.69) is 4.90 Å². The summed E-state index contributed by atoms with van der Waals surface area (Å²) in [7, 11) is 0. The van der Waals surface area contributed by atoms with Gasteiger partial charge in [-0.15, -0.1) is 0 Å². The van der Waals surface area contributed by atoms with Gasteiger partial charge in [-0.25, -0.2) is 0 Å². The van der Waals surface area contributed by atoms with Crippen molar-refractivity contribution in [2.45, 2.75) is 32.1 Å². The molecule has 1 aliphatic heterocycles. The lowest BCUT2D eigenvalue weighted by Gasteiger charge is -2.26. The van der Waals surface area contributed by atoms with Crippen molar-refractivity contribution < 1.29 is 0 Å². The lowest BCUT2D eigenvalue weighted by atomic mass is 9.81. The Kier molecular flexibility index (Phi) is 3.23. The van der Waals surface area contributed by atoms with Crippen LogP contribution in [0.1, 0.15) is 32.1 Å². The molecule has 1 saturated carbocycles. The minimum atomic E-state index is 0.831. The third-order valence-electron chi connectivity index (χ3n) is 3.71. The highest BCUT2D eigenvalue weighted by molar-refractivity contribution is 4.80. The molecule has 1 heterocycles. The Bertz CT molecular complexity index is 158. The molecule has 0 spiro atoms. The maximum Gasteiger partial charge on any atom is 0.0105 e. The summed E-state index contributed by atoms with van der Waals surface area (Å²) >= 11 is 0. The van der Waals surface area contributed by atoms with Crippen LogP contribution in [0.2, 0.25) is 0 Å². The average Bonchev–Trinajstić information content (AvgIpc) is 2.27. The molecule has 76 valence electrons. The zero-order valence-electron chi connectivity index (χ0n) is 8.54. The van der Waals surface area contributed by atoms with Gasteiger partial charge in [0, 0.05) is 19.6 Å². The molecule has 0 amide bonds. The third-order valence-corrected chi connectivity index (χ3v) is 3.71. The van der Waals surface area contributed by atoms with E-state index < -0.39 is 0 Å². The summed E-state index contributed by atoms with van der Waals surface area (Å²) in [5.74, 6) is 2.04. The molecule has 2 fully saturated rings. The van der Waals surface area contributed by atoms with E-state index in [1.54, 1.807) is 0 Å². The maximum atomic E-state index is 5.61. The van der Waals surface area contributed by atoms with E-state index in [9.17, 15) is 0 Å². The first-order valence-corrected chi connectivity index (χ1v) is 5.81. The number of hydrogen-bond acceptors (Lipinski definition) is 2. The highest BCUT2D eigenvalue weighted by atomic mass is 15.1. The molecule has 2 bridgehead atoms. The molecule has 0 aromatic carbocycles. The summed E-state index contributed by atoms with van der Waals surface area (Å²) in [5.41, 5.74) is 5.61. The molecular formula is C11H22N2. The normalized spacial score (nSPS) is 35.8. The minimum Gasteiger partial charge on any atom is -0.329 e. The zero-order chi connectivity index (χ0) is 9.10. The van der Waals surface area contributed by atoms with Gasteiger partial charge in [-0.05, 0) is 37.6 Å². The van der Waals surface area contributed by atoms with Crippen LogP contribution in [0.4, 0.5) is 0 Å². The number of nitrogens with two attached hydrogens (primary N) is 1. The van der Waals surface area contributed by atoms with Crippen molar-refractivity contribution in [2.75, 3.05) is 26.2 Å². The lowest BCUT2D eigenvalue weighted by molar-refractivity contribution is 0.235. The van der Waals surface area contributed by atoms with E-state index in [0.717, 1.165) is 24.9 Å². The van der Waals surface area contributed by atoms with Crippen molar-refractivity contribution in [2.24, 2.45) is 17.6 Å². The second kappa shape index (κ2) is 4.43. The smallest absolute Gasteiger partial charge is 0.0105 e. The van der Waals surface area contributed by atoms with Crippen molar-refractivity contribution >= 4 is 0 Å². The van der Waals surface area contributed by atoms with Gasteiger partial charge in [0.25, 0.3) is 0 Å². The third kappa shape index (κ3) is 2.44. The van der Waals surface area contributed by atoms with Crippen molar-refractivity contribution in [1.82, 2.24) is 4.90 Å². The SMILES string of the molecule is NCCN1CCC2CCCC(C2)C1. The van der Waals surface area contributed by atoms with Gasteiger partial charge in [0.05, 0.1) is 0 Å². The fourth-order valence-corrected chi connectivity index (χ4v) is 3.04. The summed E-state index contributed by atoms with van der Waals surface area (Å²) in [5, 5.41) is 0. The number of hydrogen-bond donors (Lipinski definition) is 1. The lowest BCUT2D eigenvalue weighted by Crippen LogP contribution is -2.33. The van der Waals surface area contributed by atoms with Crippen LogP contribution in [0.25, 0.3) is 0 Å². The van der Waals surface area contributed by atoms with E-state index in [4.69, 9.17) is 5.73 Å². The van der Waals surface area contributed by atoms with Gasteiger partial charge in [0.1, 0.15) is 0 Å².